The molecule has 50 heavy (non-hydrogen) atoms. The van der Waals surface area contributed by atoms with Gasteiger partial charge in [-0.1, -0.05) is 36.9 Å². The molecule has 2 fully saturated rings. The SMILES string of the molecule is C=C(/C=N\C=C(/C)OCc1ccccc1)[C@H](CC(=O)OC(C)(C)C)NC(=O)[C@@H]1CCCN(C(=O)CCC2CCN(C(=O)OC(C)(C)C)CC2)C1. The molecule has 0 aromatic heterocycles. The van der Waals surface area contributed by atoms with E-state index in [0.717, 1.165) is 24.8 Å². The van der Waals surface area contributed by atoms with Gasteiger partial charge in [-0.15, -0.1) is 0 Å². The first-order valence-electron chi connectivity index (χ1n) is 17.8. The molecule has 11 heteroatoms. The minimum atomic E-state index is -0.738. The molecule has 1 N–H and O–H groups in total. The van der Waals surface area contributed by atoms with Gasteiger partial charge < -0.3 is 29.3 Å². The van der Waals surface area contributed by atoms with Crippen molar-refractivity contribution in [3.8, 4) is 0 Å². The molecule has 2 aliphatic heterocycles. The second-order valence-electron chi connectivity index (χ2n) is 15.3. The Morgan fingerprint density at radius 1 is 0.960 bits per heavy atom. The molecule has 2 aliphatic rings. The van der Waals surface area contributed by atoms with Gasteiger partial charge in [-0.3, -0.25) is 19.4 Å². The van der Waals surface area contributed by atoms with E-state index in [2.05, 4.69) is 16.9 Å². The fourth-order valence-electron chi connectivity index (χ4n) is 5.88. The number of esters is 1. The highest BCUT2D eigenvalue weighted by Gasteiger charge is 2.32. The van der Waals surface area contributed by atoms with E-state index in [9.17, 15) is 19.2 Å². The van der Waals surface area contributed by atoms with Crippen molar-refractivity contribution >= 4 is 30.1 Å². The van der Waals surface area contributed by atoms with Crippen LogP contribution in [0.25, 0.3) is 0 Å². The standard InChI is InChI=1S/C39H58N4O7/c1-28(24-40-25-29(2)48-27-31-13-10-9-11-14-31)33(23-35(45)49-38(3,4)5)41-36(46)32-15-12-20-43(26-32)34(44)17-16-30-18-21-42(22-19-30)37(47)50-39(6,7)8/h9-11,13-14,24-25,30,32-33H,1,12,15-23,26-27H2,2-8H3,(H,41,46)/b29-25+,40-24-/t32-,33+/m1/s1. The lowest BCUT2D eigenvalue weighted by Gasteiger charge is -2.35. The van der Waals surface area contributed by atoms with Gasteiger partial charge in [-0.05, 0) is 97.6 Å². The summed E-state index contributed by atoms with van der Waals surface area (Å²) in [5.41, 5.74) is 0.267. The lowest BCUT2D eigenvalue weighted by Crippen LogP contribution is -2.48. The third kappa shape index (κ3) is 14.8. The van der Waals surface area contributed by atoms with Gasteiger partial charge in [0, 0.05) is 38.8 Å². The van der Waals surface area contributed by atoms with Gasteiger partial charge in [0.15, 0.2) is 0 Å². The molecule has 0 saturated carbocycles. The zero-order valence-corrected chi connectivity index (χ0v) is 31.2. The number of nitrogens with one attached hydrogen (secondary N) is 1. The maximum atomic E-state index is 13.6. The number of amides is 3. The Labute approximate surface area is 298 Å². The van der Waals surface area contributed by atoms with Gasteiger partial charge in [-0.2, -0.15) is 0 Å². The number of carbonyl (C=O) groups is 4. The van der Waals surface area contributed by atoms with Crippen LogP contribution in [0, 0.1) is 11.8 Å². The highest BCUT2D eigenvalue weighted by Crippen LogP contribution is 2.25. The minimum absolute atomic E-state index is 0.0376. The molecule has 0 aliphatic carbocycles. The summed E-state index contributed by atoms with van der Waals surface area (Å²) in [5, 5.41) is 3.00. The molecule has 0 bridgehead atoms. The van der Waals surface area contributed by atoms with Crippen LogP contribution in [-0.4, -0.2) is 83.3 Å². The quantitative estimate of drug-likeness (QED) is 0.141. The molecule has 0 unspecified atom stereocenters. The maximum Gasteiger partial charge on any atom is 0.410 e. The average Bonchev–Trinajstić information content (AvgIpc) is 3.05. The first-order chi connectivity index (χ1) is 23.5. The van der Waals surface area contributed by atoms with Crippen LogP contribution in [-0.2, 0) is 35.2 Å². The van der Waals surface area contributed by atoms with E-state index in [-0.39, 0.29) is 24.3 Å². The predicted molar refractivity (Wildman–Crippen MR) is 194 cm³/mol. The average molecular weight is 695 g/mol. The van der Waals surface area contributed by atoms with Crippen LogP contribution in [0.5, 0.6) is 0 Å². The van der Waals surface area contributed by atoms with Gasteiger partial charge >= 0.3 is 12.1 Å². The lowest BCUT2D eigenvalue weighted by molar-refractivity contribution is -0.155. The van der Waals surface area contributed by atoms with Gasteiger partial charge in [0.2, 0.25) is 11.8 Å². The smallest absolute Gasteiger partial charge is 0.410 e. The van der Waals surface area contributed by atoms with E-state index >= 15 is 0 Å². The third-order valence-corrected chi connectivity index (χ3v) is 8.54. The molecule has 1 aromatic carbocycles. The molecule has 2 heterocycles. The van der Waals surface area contributed by atoms with Gasteiger partial charge in [-0.25, -0.2) is 4.79 Å². The van der Waals surface area contributed by atoms with Crippen molar-refractivity contribution < 1.29 is 33.4 Å². The van der Waals surface area contributed by atoms with Gasteiger partial charge in [0.25, 0.3) is 0 Å². The molecule has 3 amide bonds. The fraction of sp³-hybridized carbons (Fsp3) is 0.615. The van der Waals surface area contributed by atoms with Crippen molar-refractivity contribution in [2.45, 2.75) is 117 Å². The topological polar surface area (TPSA) is 127 Å². The summed E-state index contributed by atoms with van der Waals surface area (Å²) in [7, 11) is 0. The van der Waals surface area contributed by atoms with Gasteiger partial charge in [0.1, 0.15) is 23.6 Å². The second kappa shape index (κ2) is 18.7. The second-order valence-corrected chi connectivity index (χ2v) is 15.3. The zero-order chi connectivity index (χ0) is 36.9. The Morgan fingerprint density at radius 2 is 1.62 bits per heavy atom. The van der Waals surface area contributed by atoms with Crippen LogP contribution >= 0.6 is 0 Å². The molecular weight excluding hydrogens is 636 g/mol. The molecule has 0 radical (unpaired) electrons. The monoisotopic (exact) mass is 694 g/mol. The van der Waals surface area contributed by atoms with Crippen LogP contribution in [0.15, 0.2) is 59.4 Å². The van der Waals surface area contributed by atoms with E-state index in [0.29, 0.717) is 69.3 Å². The van der Waals surface area contributed by atoms with Crippen molar-refractivity contribution in [2.75, 3.05) is 26.2 Å². The molecule has 1 aromatic rings. The number of rotatable bonds is 13. The van der Waals surface area contributed by atoms with Crippen LogP contribution < -0.4 is 5.32 Å². The summed E-state index contributed by atoms with van der Waals surface area (Å²) in [6.07, 6.45) is 6.85. The Balaban J connectivity index is 1.53. The number of allylic oxidation sites excluding steroid dienone is 1. The zero-order valence-electron chi connectivity index (χ0n) is 31.2. The third-order valence-electron chi connectivity index (χ3n) is 8.54. The van der Waals surface area contributed by atoms with Crippen molar-refractivity contribution in [2.24, 2.45) is 16.8 Å². The maximum absolute atomic E-state index is 13.6. The van der Waals surface area contributed by atoms with E-state index in [1.165, 1.54) is 6.21 Å². The highest BCUT2D eigenvalue weighted by atomic mass is 16.6. The summed E-state index contributed by atoms with van der Waals surface area (Å²) >= 11 is 0. The Kier molecular flexibility index (Phi) is 15.1. The number of likely N-dealkylation sites (tertiary alicyclic amines) is 2. The Bertz CT molecular complexity index is 1370. The molecular formula is C39H58N4O7. The van der Waals surface area contributed by atoms with E-state index in [4.69, 9.17) is 14.2 Å². The normalized spacial score (nSPS) is 18.4. The molecule has 2 saturated heterocycles. The Hall–Kier alpha value is -4.15. The van der Waals surface area contributed by atoms with E-state index in [1.54, 1.807) is 43.7 Å². The Morgan fingerprint density at radius 3 is 2.26 bits per heavy atom. The van der Waals surface area contributed by atoms with Crippen molar-refractivity contribution in [3.05, 3.63) is 60.0 Å². The highest BCUT2D eigenvalue weighted by molar-refractivity contribution is 5.87. The number of carbonyl (C=O) groups excluding carboxylic acids is 4. The fourth-order valence-corrected chi connectivity index (χ4v) is 5.88. The number of hydrogen-bond donors (Lipinski definition) is 1. The molecule has 276 valence electrons. The van der Waals surface area contributed by atoms with Crippen LogP contribution in [0.1, 0.15) is 99.0 Å². The summed E-state index contributed by atoms with van der Waals surface area (Å²) in [4.78, 5) is 59.9. The van der Waals surface area contributed by atoms with Crippen LogP contribution in [0.2, 0.25) is 0 Å². The number of benzene rings is 1. The summed E-state index contributed by atoms with van der Waals surface area (Å²) < 4.78 is 16.8. The molecule has 3 rings (SSSR count). The lowest BCUT2D eigenvalue weighted by atomic mass is 9.91. The van der Waals surface area contributed by atoms with Crippen LogP contribution in [0.3, 0.4) is 0 Å². The number of nitrogens with zero attached hydrogens (tertiary/aromatic N) is 3. The number of piperidine rings is 2. The van der Waals surface area contributed by atoms with Crippen molar-refractivity contribution in [1.29, 1.82) is 0 Å². The van der Waals surface area contributed by atoms with E-state index in [1.807, 2.05) is 51.1 Å². The van der Waals surface area contributed by atoms with E-state index < -0.39 is 29.1 Å². The first kappa shape index (κ1) is 40.3. The first-order valence-corrected chi connectivity index (χ1v) is 17.8. The van der Waals surface area contributed by atoms with Crippen molar-refractivity contribution in [3.63, 3.8) is 0 Å². The van der Waals surface area contributed by atoms with Gasteiger partial charge in [0.05, 0.1) is 24.6 Å². The number of ether oxygens (including phenoxy) is 3. The summed E-state index contributed by atoms with van der Waals surface area (Å²) in [6.45, 7) is 19.4. The largest absolute Gasteiger partial charge is 0.492 e. The van der Waals surface area contributed by atoms with Crippen molar-refractivity contribution in [1.82, 2.24) is 15.1 Å². The summed E-state index contributed by atoms with van der Waals surface area (Å²) in [5.74, 6) is -0.119. The van der Waals surface area contributed by atoms with Crippen LogP contribution in [0.4, 0.5) is 4.79 Å². The number of aliphatic imine (C=N–C) groups is 1. The molecule has 0 spiro atoms. The molecule has 11 nitrogen and oxygen atoms in total. The summed E-state index contributed by atoms with van der Waals surface area (Å²) in [6, 6.07) is 9.06. The predicted octanol–water partition coefficient (Wildman–Crippen LogP) is 6.57. The molecule has 2 atom stereocenters. The number of hydrogen-bond acceptors (Lipinski definition) is 8. The minimum Gasteiger partial charge on any atom is -0.492 e.